The molecule has 0 aromatic heterocycles. The van der Waals surface area contributed by atoms with Crippen molar-refractivity contribution in [2.75, 3.05) is 6.54 Å². The van der Waals surface area contributed by atoms with Gasteiger partial charge in [-0.25, -0.2) is 8.42 Å². The summed E-state index contributed by atoms with van der Waals surface area (Å²) in [6, 6.07) is 15.3. The quantitative estimate of drug-likeness (QED) is 0.629. The van der Waals surface area contributed by atoms with E-state index < -0.39 is 22.1 Å². The summed E-state index contributed by atoms with van der Waals surface area (Å²) in [5, 5.41) is 0. The molecule has 1 aliphatic rings. The van der Waals surface area contributed by atoms with Crippen LogP contribution in [0, 0.1) is 12.8 Å². The molecule has 2 aromatic rings. The molecule has 0 spiro atoms. The van der Waals surface area contributed by atoms with Crippen LogP contribution in [0.4, 0.5) is 0 Å². The minimum Gasteiger partial charge on any atom is -0.335 e. The van der Waals surface area contributed by atoms with Crippen LogP contribution in [0.2, 0.25) is 0 Å². The first kappa shape index (κ1) is 22.2. The highest BCUT2D eigenvalue weighted by Gasteiger charge is 2.47. The van der Waals surface area contributed by atoms with E-state index in [9.17, 15) is 13.2 Å². The van der Waals surface area contributed by atoms with Crippen LogP contribution < -0.4 is 0 Å². The van der Waals surface area contributed by atoms with Crippen molar-refractivity contribution in [2.45, 2.75) is 50.7 Å². The number of rotatable bonds is 7. The van der Waals surface area contributed by atoms with Crippen molar-refractivity contribution in [2.24, 2.45) is 5.92 Å². The van der Waals surface area contributed by atoms with Crippen molar-refractivity contribution < 1.29 is 13.2 Å². The van der Waals surface area contributed by atoms with Crippen LogP contribution in [0.15, 0.2) is 72.1 Å². The lowest BCUT2D eigenvalue weighted by atomic mass is 9.94. The number of piperazine rings is 1. The van der Waals surface area contributed by atoms with Crippen molar-refractivity contribution in [3.05, 3.63) is 78.4 Å². The fourth-order valence-corrected chi connectivity index (χ4v) is 5.73. The lowest BCUT2D eigenvalue weighted by Gasteiger charge is -2.46. The molecule has 6 heteroatoms. The highest BCUT2D eigenvalue weighted by Crippen LogP contribution is 2.32. The molecule has 1 fully saturated rings. The first-order chi connectivity index (χ1) is 14.3. The predicted octanol–water partition coefficient (Wildman–Crippen LogP) is 4.00. The standard InChI is InChI=1S/C24H30N2O3S/c1-5-19(4)23-24(27)25(16-20-10-8-7-9-11-20)17-21(6-2)26(23)30(28,29)22-14-12-18(3)13-15-22/h6-15,19,21,23H,2,5,16-17H2,1,3-4H3/t19?,21?,23-/m0/s1. The first-order valence-electron chi connectivity index (χ1n) is 10.3. The third-order valence-corrected chi connectivity index (χ3v) is 7.76. The number of sulfonamides is 1. The zero-order valence-electron chi connectivity index (χ0n) is 17.9. The summed E-state index contributed by atoms with van der Waals surface area (Å²) in [5.41, 5.74) is 2.00. The van der Waals surface area contributed by atoms with E-state index in [1.54, 1.807) is 35.2 Å². The second-order valence-electron chi connectivity index (χ2n) is 7.99. The van der Waals surface area contributed by atoms with Crippen LogP contribution in [-0.4, -0.2) is 42.2 Å². The first-order valence-corrected chi connectivity index (χ1v) is 11.8. The van der Waals surface area contributed by atoms with Gasteiger partial charge in [-0.3, -0.25) is 4.79 Å². The van der Waals surface area contributed by atoms with Crippen LogP contribution in [0.3, 0.4) is 0 Å². The Kier molecular flexibility index (Phi) is 6.78. The Morgan fingerprint density at radius 1 is 1.13 bits per heavy atom. The van der Waals surface area contributed by atoms with Gasteiger partial charge in [-0.2, -0.15) is 4.31 Å². The van der Waals surface area contributed by atoms with E-state index in [4.69, 9.17) is 0 Å². The van der Waals surface area contributed by atoms with Crippen molar-refractivity contribution in [3.63, 3.8) is 0 Å². The van der Waals surface area contributed by atoms with E-state index in [2.05, 4.69) is 6.58 Å². The lowest BCUT2D eigenvalue weighted by Crippen LogP contribution is -2.64. The molecule has 5 nitrogen and oxygen atoms in total. The largest absolute Gasteiger partial charge is 0.335 e. The Hall–Kier alpha value is -2.44. The van der Waals surface area contributed by atoms with Crippen LogP contribution in [0.5, 0.6) is 0 Å². The number of hydrogen-bond donors (Lipinski definition) is 0. The van der Waals surface area contributed by atoms with E-state index in [0.29, 0.717) is 13.0 Å². The molecule has 1 saturated heterocycles. The van der Waals surface area contributed by atoms with Gasteiger partial charge in [0, 0.05) is 13.1 Å². The number of benzene rings is 2. The fraction of sp³-hybridized carbons (Fsp3) is 0.375. The molecule has 1 amide bonds. The Morgan fingerprint density at radius 3 is 2.33 bits per heavy atom. The zero-order valence-corrected chi connectivity index (χ0v) is 18.7. The molecule has 0 radical (unpaired) electrons. The van der Waals surface area contributed by atoms with Gasteiger partial charge in [-0.05, 0) is 30.5 Å². The van der Waals surface area contributed by atoms with Crippen LogP contribution in [0.25, 0.3) is 0 Å². The monoisotopic (exact) mass is 426 g/mol. The number of carbonyl (C=O) groups excluding carboxylic acids is 1. The molecular formula is C24H30N2O3S. The average molecular weight is 427 g/mol. The number of hydrogen-bond acceptors (Lipinski definition) is 3. The summed E-state index contributed by atoms with van der Waals surface area (Å²) in [4.78, 5) is 15.5. The summed E-state index contributed by atoms with van der Waals surface area (Å²) in [6.07, 6.45) is 2.34. The molecule has 2 unspecified atom stereocenters. The summed E-state index contributed by atoms with van der Waals surface area (Å²) in [7, 11) is -3.86. The fourth-order valence-electron chi connectivity index (χ4n) is 3.90. The second kappa shape index (κ2) is 9.14. The highest BCUT2D eigenvalue weighted by atomic mass is 32.2. The molecule has 3 rings (SSSR count). The maximum atomic E-state index is 13.6. The minimum absolute atomic E-state index is 0.126. The molecule has 0 bridgehead atoms. The van der Waals surface area contributed by atoms with Gasteiger partial charge < -0.3 is 4.90 Å². The molecule has 1 heterocycles. The van der Waals surface area contributed by atoms with E-state index >= 15 is 0 Å². The number of amides is 1. The molecule has 3 atom stereocenters. The number of carbonyl (C=O) groups is 1. The Bertz CT molecular complexity index is 987. The number of aryl methyl sites for hydroxylation is 1. The topological polar surface area (TPSA) is 57.7 Å². The molecular weight excluding hydrogens is 396 g/mol. The Balaban J connectivity index is 2.02. The Labute approximate surface area is 180 Å². The average Bonchev–Trinajstić information content (AvgIpc) is 2.75. The van der Waals surface area contributed by atoms with Gasteiger partial charge in [-0.1, -0.05) is 74.4 Å². The molecule has 0 aliphatic carbocycles. The van der Waals surface area contributed by atoms with Gasteiger partial charge in [0.1, 0.15) is 6.04 Å². The SMILES string of the molecule is C=CC1CN(Cc2ccccc2)C(=O)[C@H](C(C)CC)N1S(=O)(=O)c1ccc(C)cc1. The van der Waals surface area contributed by atoms with Gasteiger partial charge in [-0.15, -0.1) is 6.58 Å². The van der Waals surface area contributed by atoms with Crippen molar-refractivity contribution in [1.29, 1.82) is 0 Å². The normalized spacial score (nSPS) is 21.4. The summed E-state index contributed by atoms with van der Waals surface area (Å²) in [5.74, 6) is -0.277. The van der Waals surface area contributed by atoms with Crippen LogP contribution in [-0.2, 0) is 21.4 Å². The maximum absolute atomic E-state index is 13.6. The van der Waals surface area contributed by atoms with Crippen LogP contribution in [0.1, 0.15) is 31.4 Å². The highest BCUT2D eigenvalue weighted by molar-refractivity contribution is 7.89. The van der Waals surface area contributed by atoms with Crippen molar-refractivity contribution in [1.82, 2.24) is 9.21 Å². The lowest BCUT2D eigenvalue weighted by molar-refractivity contribution is -0.143. The zero-order chi connectivity index (χ0) is 21.9. The van der Waals surface area contributed by atoms with Crippen LogP contribution >= 0.6 is 0 Å². The van der Waals surface area contributed by atoms with Gasteiger partial charge in [0.05, 0.1) is 10.9 Å². The van der Waals surface area contributed by atoms with E-state index in [1.165, 1.54) is 4.31 Å². The van der Waals surface area contributed by atoms with Gasteiger partial charge in [0.15, 0.2) is 0 Å². The van der Waals surface area contributed by atoms with Crippen molar-refractivity contribution >= 4 is 15.9 Å². The third-order valence-electron chi connectivity index (χ3n) is 5.84. The van der Waals surface area contributed by atoms with Crippen molar-refractivity contribution in [3.8, 4) is 0 Å². The molecule has 0 N–H and O–H groups in total. The molecule has 160 valence electrons. The van der Waals surface area contributed by atoms with E-state index in [0.717, 1.165) is 11.1 Å². The van der Waals surface area contributed by atoms with E-state index in [1.807, 2.05) is 51.1 Å². The second-order valence-corrected chi connectivity index (χ2v) is 9.83. The molecule has 30 heavy (non-hydrogen) atoms. The van der Waals surface area contributed by atoms with Gasteiger partial charge in [0.2, 0.25) is 15.9 Å². The van der Waals surface area contributed by atoms with E-state index in [-0.39, 0.29) is 23.3 Å². The summed E-state index contributed by atoms with van der Waals surface area (Å²) < 4.78 is 28.6. The van der Waals surface area contributed by atoms with Gasteiger partial charge >= 0.3 is 0 Å². The molecule has 0 saturated carbocycles. The maximum Gasteiger partial charge on any atom is 0.244 e. The summed E-state index contributed by atoms with van der Waals surface area (Å²) in [6.45, 7) is 10.5. The molecule has 1 aliphatic heterocycles. The minimum atomic E-state index is -3.86. The Morgan fingerprint density at radius 2 is 1.77 bits per heavy atom. The molecule has 2 aromatic carbocycles. The van der Waals surface area contributed by atoms with Gasteiger partial charge in [0.25, 0.3) is 0 Å². The smallest absolute Gasteiger partial charge is 0.244 e. The third kappa shape index (κ3) is 4.35. The summed E-state index contributed by atoms with van der Waals surface area (Å²) >= 11 is 0. The number of nitrogens with zero attached hydrogens (tertiary/aromatic N) is 2. The predicted molar refractivity (Wildman–Crippen MR) is 119 cm³/mol.